The van der Waals surface area contributed by atoms with E-state index >= 15 is 0 Å². The van der Waals surface area contributed by atoms with E-state index in [4.69, 9.17) is 16.3 Å². The maximum atomic E-state index is 11.8. The molecule has 0 aromatic heterocycles. The SMILES string of the molecule is CC1(C)[C@@H]2CC[C@@]1(C)[C@](O)(OC(=O)COC(=O)CCl)C2. The lowest BCUT2D eigenvalue weighted by Crippen LogP contribution is -2.50. The summed E-state index contributed by atoms with van der Waals surface area (Å²) in [5.41, 5.74) is -0.564. The van der Waals surface area contributed by atoms with Crippen molar-refractivity contribution in [3.63, 3.8) is 0 Å². The summed E-state index contributed by atoms with van der Waals surface area (Å²) in [5, 5.41) is 10.8. The number of fused-ring (bicyclic) bond motifs is 2. The van der Waals surface area contributed by atoms with Crippen molar-refractivity contribution < 1.29 is 24.2 Å². The number of esters is 2. The molecule has 114 valence electrons. The van der Waals surface area contributed by atoms with Crippen LogP contribution in [-0.2, 0) is 19.1 Å². The van der Waals surface area contributed by atoms with Gasteiger partial charge in [0.2, 0.25) is 5.79 Å². The van der Waals surface area contributed by atoms with Crippen molar-refractivity contribution in [3.8, 4) is 0 Å². The molecule has 0 heterocycles. The fourth-order valence-electron chi connectivity index (χ4n) is 3.76. The minimum Gasteiger partial charge on any atom is -0.453 e. The molecule has 0 unspecified atom stereocenters. The Kier molecular flexibility index (Phi) is 3.80. The highest BCUT2D eigenvalue weighted by Gasteiger charge is 2.70. The van der Waals surface area contributed by atoms with Gasteiger partial charge in [-0.05, 0) is 24.2 Å². The molecule has 20 heavy (non-hydrogen) atoms. The molecule has 2 saturated carbocycles. The van der Waals surface area contributed by atoms with Gasteiger partial charge in [0.05, 0.1) is 0 Å². The molecule has 0 spiro atoms. The molecule has 2 fully saturated rings. The molecule has 0 radical (unpaired) electrons. The fourth-order valence-corrected chi connectivity index (χ4v) is 3.84. The summed E-state index contributed by atoms with van der Waals surface area (Å²) in [6.07, 6.45) is 2.28. The molecule has 6 heteroatoms. The van der Waals surface area contributed by atoms with Gasteiger partial charge in [-0.3, -0.25) is 4.79 Å². The number of alkyl halides is 1. The van der Waals surface area contributed by atoms with Crippen LogP contribution in [-0.4, -0.2) is 35.3 Å². The first-order valence-corrected chi connectivity index (χ1v) is 7.35. The van der Waals surface area contributed by atoms with Crippen LogP contribution in [0.2, 0.25) is 0 Å². The zero-order valence-electron chi connectivity index (χ0n) is 12.1. The molecule has 3 atom stereocenters. The van der Waals surface area contributed by atoms with Gasteiger partial charge in [0.15, 0.2) is 6.61 Å². The maximum absolute atomic E-state index is 11.8. The summed E-state index contributed by atoms with van der Waals surface area (Å²) in [7, 11) is 0. The number of hydrogen-bond acceptors (Lipinski definition) is 5. The van der Waals surface area contributed by atoms with Crippen LogP contribution in [0.25, 0.3) is 0 Å². The van der Waals surface area contributed by atoms with Gasteiger partial charge in [-0.1, -0.05) is 20.8 Å². The van der Waals surface area contributed by atoms with E-state index in [9.17, 15) is 14.7 Å². The Morgan fingerprint density at radius 1 is 1.30 bits per heavy atom. The van der Waals surface area contributed by atoms with Crippen molar-refractivity contribution in [3.05, 3.63) is 0 Å². The lowest BCUT2D eigenvalue weighted by Gasteiger charge is -2.43. The molecule has 5 nitrogen and oxygen atoms in total. The molecule has 0 aromatic rings. The third-order valence-electron chi connectivity index (χ3n) is 5.56. The third-order valence-corrected chi connectivity index (χ3v) is 5.78. The van der Waals surface area contributed by atoms with Crippen LogP contribution in [0.1, 0.15) is 40.0 Å². The summed E-state index contributed by atoms with van der Waals surface area (Å²) < 4.78 is 9.88. The lowest BCUT2D eigenvalue weighted by molar-refractivity contribution is -0.262. The number of carbonyl (C=O) groups is 2. The monoisotopic (exact) mass is 304 g/mol. The summed E-state index contributed by atoms with van der Waals surface area (Å²) in [6.45, 7) is 5.64. The molecule has 0 aromatic carbocycles. The number of ether oxygens (including phenoxy) is 2. The van der Waals surface area contributed by atoms with Gasteiger partial charge in [-0.2, -0.15) is 0 Å². The highest BCUT2D eigenvalue weighted by atomic mass is 35.5. The van der Waals surface area contributed by atoms with E-state index in [0.29, 0.717) is 12.3 Å². The lowest BCUT2D eigenvalue weighted by atomic mass is 9.68. The largest absolute Gasteiger partial charge is 0.453 e. The minimum atomic E-state index is -1.48. The van der Waals surface area contributed by atoms with Gasteiger partial charge in [0.1, 0.15) is 5.88 Å². The van der Waals surface area contributed by atoms with Gasteiger partial charge in [0, 0.05) is 11.8 Å². The Balaban J connectivity index is 2.03. The minimum absolute atomic E-state index is 0.0884. The van der Waals surface area contributed by atoms with E-state index in [1.54, 1.807) is 0 Å². The van der Waals surface area contributed by atoms with E-state index in [1.165, 1.54) is 0 Å². The second-order valence-corrected chi connectivity index (χ2v) is 6.81. The molecule has 2 rings (SSSR count). The van der Waals surface area contributed by atoms with Crippen molar-refractivity contribution in [2.45, 2.75) is 45.8 Å². The Morgan fingerprint density at radius 2 is 1.95 bits per heavy atom. The predicted octanol–water partition coefficient (Wildman–Crippen LogP) is 1.85. The third kappa shape index (κ3) is 2.11. The first-order chi connectivity index (χ1) is 9.16. The van der Waals surface area contributed by atoms with Crippen LogP contribution in [0.3, 0.4) is 0 Å². The number of rotatable bonds is 4. The molecular formula is C14H21ClO5. The van der Waals surface area contributed by atoms with E-state index in [2.05, 4.69) is 18.6 Å². The summed E-state index contributed by atoms with van der Waals surface area (Å²) in [5.74, 6) is -2.89. The van der Waals surface area contributed by atoms with E-state index in [1.807, 2.05) is 6.92 Å². The second kappa shape index (κ2) is 4.88. The van der Waals surface area contributed by atoms with Crippen molar-refractivity contribution in [1.82, 2.24) is 0 Å². The molecular weight excluding hydrogens is 284 g/mol. The average Bonchev–Trinajstić information content (AvgIpc) is 2.67. The highest BCUT2D eigenvalue weighted by Crippen LogP contribution is 2.69. The van der Waals surface area contributed by atoms with Crippen LogP contribution >= 0.6 is 11.6 Å². The molecule has 0 saturated heterocycles. The topological polar surface area (TPSA) is 72.8 Å². The second-order valence-electron chi connectivity index (χ2n) is 6.55. The molecule has 2 aliphatic rings. The smallest absolute Gasteiger partial charge is 0.346 e. The Morgan fingerprint density at radius 3 is 2.40 bits per heavy atom. The molecule has 1 N–H and O–H groups in total. The first-order valence-electron chi connectivity index (χ1n) is 6.82. The van der Waals surface area contributed by atoms with Crippen molar-refractivity contribution in [2.24, 2.45) is 16.7 Å². The zero-order valence-corrected chi connectivity index (χ0v) is 12.8. The summed E-state index contributed by atoms with van der Waals surface area (Å²) in [4.78, 5) is 22.7. The van der Waals surface area contributed by atoms with Crippen molar-refractivity contribution in [1.29, 1.82) is 0 Å². The number of hydrogen-bond donors (Lipinski definition) is 1. The van der Waals surface area contributed by atoms with Gasteiger partial charge in [-0.25, -0.2) is 4.79 Å². The van der Waals surface area contributed by atoms with Crippen LogP contribution in [0, 0.1) is 16.7 Å². The molecule has 2 bridgehead atoms. The summed E-state index contributed by atoms with van der Waals surface area (Å²) in [6, 6.07) is 0. The standard InChI is InChI=1S/C14H21ClO5/c1-12(2)9-4-5-13(12,3)14(18,6-9)20-11(17)8-19-10(16)7-15/h9,18H,4-8H2,1-3H3/t9-,13-,14-/m1/s1. The van der Waals surface area contributed by atoms with E-state index < -0.39 is 29.7 Å². The number of carbonyl (C=O) groups excluding carboxylic acids is 2. The van der Waals surface area contributed by atoms with E-state index in [0.717, 1.165) is 12.8 Å². The molecule has 0 amide bonds. The van der Waals surface area contributed by atoms with Gasteiger partial charge in [0.25, 0.3) is 0 Å². The fraction of sp³-hybridized carbons (Fsp3) is 0.857. The quantitative estimate of drug-likeness (QED) is 0.487. The van der Waals surface area contributed by atoms with Crippen LogP contribution in [0.15, 0.2) is 0 Å². The van der Waals surface area contributed by atoms with E-state index in [-0.39, 0.29) is 11.3 Å². The predicted molar refractivity (Wildman–Crippen MR) is 71.9 cm³/mol. The Hall–Kier alpha value is -0.810. The first kappa shape index (κ1) is 15.6. The Labute approximate surface area is 123 Å². The van der Waals surface area contributed by atoms with Crippen LogP contribution in [0.4, 0.5) is 0 Å². The van der Waals surface area contributed by atoms with Gasteiger partial charge >= 0.3 is 11.9 Å². The van der Waals surface area contributed by atoms with Crippen LogP contribution in [0.5, 0.6) is 0 Å². The average molecular weight is 305 g/mol. The van der Waals surface area contributed by atoms with Gasteiger partial charge in [-0.15, -0.1) is 11.6 Å². The molecule has 2 aliphatic carbocycles. The number of halogens is 1. The zero-order chi connectivity index (χ0) is 15.2. The number of aliphatic hydroxyl groups is 1. The summed E-state index contributed by atoms with van der Waals surface area (Å²) >= 11 is 5.27. The van der Waals surface area contributed by atoms with Crippen molar-refractivity contribution >= 4 is 23.5 Å². The Bertz CT molecular complexity index is 435. The van der Waals surface area contributed by atoms with Crippen LogP contribution < -0.4 is 0 Å². The normalized spacial score (nSPS) is 37.8. The molecule has 0 aliphatic heterocycles. The highest BCUT2D eigenvalue weighted by molar-refractivity contribution is 6.26. The van der Waals surface area contributed by atoms with Crippen molar-refractivity contribution in [2.75, 3.05) is 12.5 Å². The van der Waals surface area contributed by atoms with Gasteiger partial charge < -0.3 is 14.6 Å². The maximum Gasteiger partial charge on any atom is 0.346 e.